The molecule has 0 spiro atoms. The average molecular weight is 342 g/mol. The number of alkyl halides is 1. The third-order valence-electron chi connectivity index (χ3n) is 2.07. The fourth-order valence-electron chi connectivity index (χ4n) is 1.12. The molecule has 0 amide bonds. The highest BCUT2D eigenvalue weighted by molar-refractivity contribution is 9.10. The minimum Gasteiger partial charge on any atom is -0.0876 e. The fraction of sp³-hybridized carbons (Fsp3) is 0.143. The Morgan fingerprint density at radius 2 is 1.44 bits per heavy atom. The molecule has 0 heterocycles. The van der Waals surface area contributed by atoms with Crippen LogP contribution in [0.3, 0.4) is 0 Å². The average Bonchev–Trinajstić information content (AvgIpc) is 2.35. The summed E-state index contributed by atoms with van der Waals surface area (Å²) in [5.41, 5.74) is 2.61. The van der Waals surface area contributed by atoms with Crippen LogP contribution in [0.25, 0.3) is 0 Å². The smallest absolute Gasteiger partial charge is 0.0283 e. The molecule has 0 saturated carbocycles. The van der Waals surface area contributed by atoms with E-state index in [0.717, 1.165) is 5.33 Å². The normalized spacial score (nSPS) is 9.19. The van der Waals surface area contributed by atoms with Crippen molar-refractivity contribution in [2.45, 2.75) is 12.3 Å². The van der Waals surface area contributed by atoms with Crippen molar-refractivity contribution in [2.24, 2.45) is 0 Å². The summed E-state index contributed by atoms with van der Waals surface area (Å²) < 4.78 is 1.18. The lowest BCUT2D eigenvalue weighted by atomic mass is 10.2. The molecule has 0 aromatic heterocycles. The Morgan fingerprint density at radius 1 is 0.875 bits per heavy atom. The summed E-state index contributed by atoms with van der Waals surface area (Å²) in [5.74, 6) is 0. The molecule has 2 aromatic carbocycles. The highest BCUT2D eigenvalue weighted by Gasteiger charge is 1.86. The predicted molar refractivity (Wildman–Crippen MR) is 78.0 cm³/mol. The van der Waals surface area contributed by atoms with Gasteiger partial charge in [0.1, 0.15) is 0 Å². The summed E-state index contributed by atoms with van der Waals surface area (Å²) in [5, 5.41) is 0.952. The van der Waals surface area contributed by atoms with Crippen LogP contribution in [0.2, 0.25) is 0 Å². The molecule has 2 aromatic rings. The lowest BCUT2D eigenvalue weighted by molar-refractivity contribution is 1.43. The first kappa shape index (κ1) is 13.5. The van der Waals surface area contributed by atoms with E-state index in [9.17, 15) is 0 Å². The van der Waals surface area contributed by atoms with Crippen molar-refractivity contribution in [3.63, 3.8) is 0 Å². The Balaban J connectivity index is 0.000000160. The van der Waals surface area contributed by atoms with Gasteiger partial charge in [-0.1, -0.05) is 80.4 Å². The maximum Gasteiger partial charge on any atom is 0.0283 e. The van der Waals surface area contributed by atoms with Gasteiger partial charge in [-0.3, -0.25) is 0 Å². The first-order valence-electron chi connectivity index (χ1n) is 5.05. The zero-order chi connectivity index (χ0) is 11.8. The molecule has 0 aliphatic heterocycles. The Hall–Kier alpha value is -0.600. The zero-order valence-corrected chi connectivity index (χ0v) is 12.3. The van der Waals surface area contributed by atoms with Gasteiger partial charge < -0.3 is 0 Å². The third kappa shape index (κ3) is 4.95. The van der Waals surface area contributed by atoms with Crippen LogP contribution < -0.4 is 0 Å². The van der Waals surface area contributed by atoms with Crippen molar-refractivity contribution in [3.8, 4) is 0 Å². The monoisotopic (exact) mass is 340 g/mol. The largest absolute Gasteiger partial charge is 0.0876 e. The lowest BCUT2D eigenvalue weighted by Gasteiger charge is -1.91. The van der Waals surface area contributed by atoms with Crippen molar-refractivity contribution in [1.82, 2.24) is 0 Å². The Labute approximate surface area is 114 Å². The summed E-state index contributed by atoms with van der Waals surface area (Å²) in [4.78, 5) is 0. The maximum atomic E-state index is 3.40. The summed E-state index contributed by atoms with van der Waals surface area (Å²) in [6, 6.07) is 18.4. The quantitative estimate of drug-likeness (QED) is 0.614. The Kier molecular flexibility index (Phi) is 6.43. The van der Waals surface area contributed by atoms with Crippen LogP contribution in [0.5, 0.6) is 0 Å². The molecule has 0 aliphatic carbocycles. The second kappa shape index (κ2) is 7.64. The van der Waals surface area contributed by atoms with E-state index < -0.39 is 0 Å². The van der Waals surface area contributed by atoms with E-state index in [-0.39, 0.29) is 0 Å². The summed E-state index contributed by atoms with van der Waals surface area (Å²) >= 11 is 6.75. The van der Waals surface area contributed by atoms with Crippen molar-refractivity contribution in [2.75, 3.05) is 0 Å². The molecule has 0 nitrogen and oxygen atoms in total. The van der Waals surface area contributed by atoms with Crippen LogP contribution in [0.4, 0.5) is 0 Å². The SMILES string of the molecule is BrCc1ccccc1.Cc1ccccc1Br. The van der Waals surface area contributed by atoms with Gasteiger partial charge >= 0.3 is 0 Å². The van der Waals surface area contributed by atoms with Gasteiger partial charge in [0.2, 0.25) is 0 Å². The summed E-state index contributed by atoms with van der Waals surface area (Å²) in [7, 11) is 0. The molecule has 16 heavy (non-hydrogen) atoms. The van der Waals surface area contributed by atoms with E-state index in [1.807, 2.05) is 36.4 Å². The lowest BCUT2D eigenvalue weighted by Crippen LogP contribution is -1.70. The van der Waals surface area contributed by atoms with Crippen LogP contribution >= 0.6 is 31.9 Å². The van der Waals surface area contributed by atoms with Crippen molar-refractivity contribution in [1.29, 1.82) is 0 Å². The van der Waals surface area contributed by atoms with Crippen molar-refractivity contribution >= 4 is 31.9 Å². The molecule has 0 saturated heterocycles. The number of aryl methyl sites for hydroxylation is 1. The summed E-state index contributed by atoms with van der Waals surface area (Å²) in [6.45, 7) is 2.07. The highest BCUT2D eigenvalue weighted by atomic mass is 79.9. The highest BCUT2D eigenvalue weighted by Crippen LogP contribution is 2.13. The van der Waals surface area contributed by atoms with Crippen LogP contribution in [0.1, 0.15) is 11.1 Å². The van der Waals surface area contributed by atoms with E-state index in [2.05, 4.69) is 57.0 Å². The third-order valence-corrected chi connectivity index (χ3v) is 3.61. The number of hydrogen-bond donors (Lipinski definition) is 0. The van der Waals surface area contributed by atoms with Crippen LogP contribution in [0, 0.1) is 6.92 Å². The molecule has 0 atom stereocenters. The van der Waals surface area contributed by atoms with E-state index in [0.29, 0.717) is 0 Å². The molecule has 2 rings (SSSR count). The second-order valence-corrected chi connectivity index (χ2v) is 4.78. The molecule has 0 bridgehead atoms. The standard InChI is InChI=1S/2C7H7Br/c1-6-4-2-3-5-7(6)8;8-6-7-4-2-1-3-5-7/h2-5H,1H3;1-5H,6H2. The van der Waals surface area contributed by atoms with E-state index in [1.54, 1.807) is 0 Å². The van der Waals surface area contributed by atoms with E-state index >= 15 is 0 Å². The van der Waals surface area contributed by atoms with Crippen LogP contribution in [0.15, 0.2) is 59.1 Å². The van der Waals surface area contributed by atoms with Gasteiger partial charge in [0.05, 0.1) is 0 Å². The number of rotatable bonds is 1. The van der Waals surface area contributed by atoms with Gasteiger partial charge in [-0.15, -0.1) is 0 Å². The molecule has 84 valence electrons. The Morgan fingerprint density at radius 3 is 1.81 bits per heavy atom. The number of halogens is 2. The first-order chi connectivity index (χ1) is 7.74. The van der Waals surface area contributed by atoms with Crippen molar-refractivity contribution < 1.29 is 0 Å². The molecule has 0 N–H and O–H groups in total. The molecule has 0 unspecified atom stereocenters. The molecule has 2 heteroatoms. The van der Waals surface area contributed by atoms with Gasteiger partial charge in [0.25, 0.3) is 0 Å². The van der Waals surface area contributed by atoms with Gasteiger partial charge in [-0.05, 0) is 24.1 Å². The molecule has 0 radical (unpaired) electrons. The maximum absolute atomic E-state index is 3.40. The van der Waals surface area contributed by atoms with E-state index in [4.69, 9.17) is 0 Å². The van der Waals surface area contributed by atoms with Crippen LogP contribution in [-0.4, -0.2) is 0 Å². The van der Waals surface area contributed by atoms with Crippen molar-refractivity contribution in [3.05, 3.63) is 70.2 Å². The predicted octanol–water partition coefficient (Wildman–Crippen LogP) is 5.34. The van der Waals surface area contributed by atoms with Crippen LogP contribution in [-0.2, 0) is 5.33 Å². The van der Waals surface area contributed by atoms with Gasteiger partial charge in [0, 0.05) is 9.80 Å². The number of hydrogen-bond acceptors (Lipinski definition) is 0. The molecular weight excluding hydrogens is 328 g/mol. The van der Waals surface area contributed by atoms with Gasteiger partial charge in [0.15, 0.2) is 0 Å². The topological polar surface area (TPSA) is 0 Å². The molecule has 0 fully saturated rings. The van der Waals surface area contributed by atoms with Gasteiger partial charge in [-0.25, -0.2) is 0 Å². The minimum absolute atomic E-state index is 0.952. The first-order valence-corrected chi connectivity index (χ1v) is 6.96. The van der Waals surface area contributed by atoms with E-state index in [1.165, 1.54) is 15.6 Å². The summed E-state index contributed by atoms with van der Waals surface area (Å²) in [6.07, 6.45) is 0. The molecular formula is C14H14Br2. The Bertz CT molecular complexity index is 389. The molecule has 0 aliphatic rings. The fourth-order valence-corrected chi connectivity index (χ4v) is 1.78. The zero-order valence-electron chi connectivity index (χ0n) is 9.16. The van der Waals surface area contributed by atoms with Gasteiger partial charge in [-0.2, -0.15) is 0 Å². The number of benzene rings is 2. The second-order valence-electron chi connectivity index (χ2n) is 3.37. The minimum atomic E-state index is 0.952.